The largest absolute Gasteiger partial charge is 0.298 e. The second-order valence-corrected chi connectivity index (χ2v) is 8.16. The summed E-state index contributed by atoms with van der Waals surface area (Å²) in [6.07, 6.45) is 1.83. The number of halogens is 1. The minimum absolute atomic E-state index is 0.326. The van der Waals surface area contributed by atoms with E-state index in [1.165, 1.54) is 4.90 Å². The number of benzene rings is 4. The van der Waals surface area contributed by atoms with Crippen LogP contribution in [0.25, 0.3) is 27.6 Å². The van der Waals surface area contributed by atoms with Crippen molar-refractivity contribution in [1.29, 1.82) is 0 Å². The summed E-state index contributed by atoms with van der Waals surface area (Å²) in [5.74, 6) is -0.334. The summed E-state index contributed by atoms with van der Waals surface area (Å²) in [5, 5.41) is 4.41. The Hall–Kier alpha value is -3.08. The number of anilines is 1. The third-order valence-electron chi connectivity index (χ3n) is 4.95. The third kappa shape index (κ3) is 3.11. The molecule has 0 spiro atoms. The lowest BCUT2D eigenvalue weighted by atomic mass is 9.96. The number of carbonyl (C=O) groups excluding carboxylic acids is 2. The van der Waals surface area contributed by atoms with Gasteiger partial charge in [0.2, 0.25) is 0 Å². The first-order valence-corrected chi connectivity index (χ1v) is 10.3. The van der Waals surface area contributed by atoms with Crippen molar-refractivity contribution in [3.63, 3.8) is 0 Å². The molecule has 5 heteroatoms. The SMILES string of the molecule is O=C1S/C(=C/c2c3ccccc3cc3ccccc23)C(=O)N1c1cccc(Cl)c1. The van der Waals surface area contributed by atoms with Gasteiger partial charge in [0, 0.05) is 5.02 Å². The Balaban J connectivity index is 1.68. The zero-order chi connectivity index (χ0) is 20.0. The molecule has 0 bridgehead atoms. The summed E-state index contributed by atoms with van der Waals surface area (Å²) in [6, 6.07) is 25.0. The van der Waals surface area contributed by atoms with Crippen LogP contribution in [0.15, 0.2) is 83.8 Å². The summed E-state index contributed by atoms with van der Waals surface area (Å²) in [5.41, 5.74) is 1.42. The molecule has 0 aromatic heterocycles. The topological polar surface area (TPSA) is 37.4 Å². The highest BCUT2D eigenvalue weighted by atomic mass is 35.5. The highest BCUT2D eigenvalue weighted by Gasteiger charge is 2.36. The number of imide groups is 1. The average Bonchev–Trinajstić information content (AvgIpc) is 3.01. The molecule has 1 fully saturated rings. The van der Waals surface area contributed by atoms with Gasteiger partial charge in [-0.3, -0.25) is 9.59 Å². The molecule has 1 aliphatic rings. The predicted molar refractivity (Wildman–Crippen MR) is 121 cm³/mol. The van der Waals surface area contributed by atoms with E-state index in [0.29, 0.717) is 15.6 Å². The highest BCUT2D eigenvalue weighted by Crippen LogP contribution is 2.38. The van der Waals surface area contributed by atoms with Crippen LogP contribution in [0, 0.1) is 0 Å². The zero-order valence-electron chi connectivity index (χ0n) is 15.1. The van der Waals surface area contributed by atoms with Crippen LogP contribution in [0.3, 0.4) is 0 Å². The maximum atomic E-state index is 13.1. The van der Waals surface area contributed by atoms with Gasteiger partial charge in [-0.2, -0.15) is 0 Å². The van der Waals surface area contributed by atoms with E-state index in [9.17, 15) is 9.59 Å². The van der Waals surface area contributed by atoms with Crippen molar-refractivity contribution in [3.05, 3.63) is 94.4 Å². The maximum absolute atomic E-state index is 13.1. The van der Waals surface area contributed by atoms with Gasteiger partial charge in [0.25, 0.3) is 11.1 Å². The minimum atomic E-state index is -0.334. The number of carbonyl (C=O) groups is 2. The van der Waals surface area contributed by atoms with Crippen LogP contribution in [0.4, 0.5) is 10.5 Å². The van der Waals surface area contributed by atoms with E-state index in [1.807, 2.05) is 42.5 Å². The fourth-order valence-electron chi connectivity index (χ4n) is 3.64. The molecule has 0 radical (unpaired) electrons. The van der Waals surface area contributed by atoms with Crippen LogP contribution in [-0.4, -0.2) is 11.1 Å². The normalized spacial score (nSPS) is 15.8. The molecular weight excluding hydrogens is 402 g/mol. The first-order chi connectivity index (χ1) is 14.1. The molecule has 0 N–H and O–H groups in total. The minimum Gasteiger partial charge on any atom is -0.268 e. The molecule has 0 saturated carbocycles. The van der Waals surface area contributed by atoms with Crippen molar-refractivity contribution in [2.24, 2.45) is 0 Å². The van der Waals surface area contributed by atoms with E-state index in [1.54, 1.807) is 24.3 Å². The van der Waals surface area contributed by atoms with Gasteiger partial charge >= 0.3 is 0 Å². The van der Waals surface area contributed by atoms with Crippen molar-refractivity contribution in [1.82, 2.24) is 0 Å². The number of hydrogen-bond acceptors (Lipinski definition) is 3. The molecule has 0 unspecified atom stereocenters. The van der Waals surface area contributed by atoms with Gasteiger partial charge in [-0.15, -0.1) is 0 Å². The molecule has 0 atom stereocenters. The smallest absolute Gasteiger partial charge is 0.268 e. The number of amides is 2. The Bertz CT molecular complexity index is 1290. The Morgan fingerprint density at radius 1 is 0.793 bits per heavy atom. The van der Waals surface area contributed by atoms with E-state index >= 15 is 0 Å². The standard InChI is InChI=1S/C24H14ClNO2S/c25-17-8-5-9-18(13-17)26-23(27)22(29-24(26)28)14-21-19-10-3-1-6-15(19)12-16-7-2-4-11-20(16)21/h1-14H/b22-14+. The van der Waals surface area contributed by atoms with E-state index < -0.39 is 0 Å². The average molecular weight is 416 g/mol. The second kappa shape index (κ2) is 7.07. The van der Waals surface area contributed by atoms with Gasteiger partial charge < -0.3 is 0 Å². The summed E-state index contributed by atoms with van der Waals surface area (Å²) in [6.45, 7) is 0. The van der Waals surface area contributed by atoms with Crippen LogP contribution in [0.5, 0.6) is 0 Å². The van der Waals surface area contributed by atoms with Gasteiger partial charge in [0.15, 0.2) is 0 Å². The monoisotopic (exact) mass is 415 g/mol. The van der Waals surface area contributed by atoms with Crippen LogP contribution in [0.1, 0.15) is 5.56 Å². The Kier molecular flexibility index (Phi) is 4.38. The predicted octanol–water partition coefficient (Wildman–Crippen LogP) is 6.89. The molecule has 3 nitrogen and oxygen atoms in total. The van der Waals surface area contributed by atoms with Crippen molar-refractivity contribution < 1.29 is 9.59 Å². The van der Waals surface area contributed by atoms with Gasteiger partial charge in [-0.1, -0.05) is 66.2 Å². The molecule has 4 aromatic carbocycles. The van der Waals surface area contributed by atoms with E-state index in [4.69, 9.17) is 11.6 Å². The van der Waals surface area contributed by atoms with Gasteiger partial charge in [-0.25, -0.2) is 4.90 Å². The van der Waals surface area contributed by atoms with Crippen molar-refractivity contribution in [3.8, 4) is 0 Å². The number of rotatable bonds is 2. The van der Waals surface area contributed by atoms with Crippen LogP contribution in [-0.2, 0) is 4.79 Å². The van der Waals surface area contributed by atoms with Crippen molar-refractivity contribution in [2.45, 2.75) is 0 Å². The lowest BCUT2D eigenvalue weighted by Gasteiger charge is -2.12. The van der Waals surface area contributed by atoms with Gasteiger partial charge in [-0.05, 0) is 69.2 Å². The van der Waals surface area contributed by atoms with E-state index in [0.717, 1.165) is 38.9 Å². The van der Waals surface area contributed by atoms with E-state index in [-0.39, 0.29) is 11.1 Å². The number of nitrogens with zero attached hydrogens (tertiary/aromatic N) is 1. The maximum Gasteiger partial charge on any atom is 0.298 e. The highest BCUT2D eigenvalue weighted by molar-refractivity contribution is 8.19. The molecule has 2 amide bonds. The third-order valence-corrected chi connectivity index (χ3v) is 6.05. The van der Waals surface area contributed by atoms with Crippen molar-refractivity contribution in [2.75, 3.05) is 4.90 Å². The van der Waals surface area contributed by atoms with Crippen molar-refractivity contribution >= 4 is 67.8 Å². The number of fused-ring (bicyclic) bond motifs is 2. The summed E-state index contributed by atoms with van der Waals surface area (Å²) < 4.78 is 0. The molecule has 5 rings (SSSR count). The van der Waals surface area contributed by atoms with Crippen LogP contribution in [0.2, 0.25) is 5.02 Å². The molecule has 29 heavy (non-hydrogen) atoms. The molecular formula is C24H14ClNO2S. The lowest BCUT2D eigenvalue weighted by molar-refractivity contribution is -0.113. The van der Waals surface area contributed by atoms with Gasteiger partial charge in [0.05, 0.1) is 10.6 Å². The fraction of sp³-hybridized carbons (Fsp3) is 0. The molecule has 4 aromatic rings. The number of thioether (sulfide) groups is 1. The first-order valence-electron chi connectivity index (χ1n) is 9.06. The summed E-state index contributed by atoms with van der Waals surface area (Å²) >= 11 is 6.99. The van der Waals surface area contributed by atoms with Gasteiger partial charge in [0.1, 0.15) is 0 Å². The summed E-state index contributed by atoms with van der Waals surface area (Å²) in [7, 11) is 0. The van der Waals surface area contributed by atoms with Crippen LogP contribution >= 0.6 is 23.4 Å². The molecule has 1 saturated heterocycles. The first kappa shape index (κ1) is 18.0. The van der Waals surface area contributed by atoms with Crippen LogP contribution < -0.4 is 4.90 Å². The molecule has 1 heterocycles. The number of hydrogen-bond donors (Lipinski definition) is 0. The summed E-state index contributed by atoms with van der Waals surface area (Å²) in [4.78, 5) is 27.3. The van der Waals surface area contributed by atoms with E-state index in [2.05, 4.69) is 18.2 Å². The Morgan fingerprint density at radius 2 is 1.45 bits per heavy atom. The Labute approximate surface area is 176 Å². The fourth-order valence-corrected chi connectivity index (χ4v) is 4.65. The second-order valence-electron chi connectivity index (χ2n) is 6.73. The zero-order valence-corrected chi connectivity index (χ0v) is 16.7. The Morgan fingerprint density at radius 3 is 2.10 bits per heavy atom. The molecule has 140 valence electrons. The quantitative estimate of drug-likeness (QED) is 0.264. The molecule has 1 aliphatic heterocycles. The lowest BCUT2D eigenvalue weighted by Crippen LogP contribution is -2.27. The molecule has 0 aliphatic carbocycles.